The first-order valence-electron chi connectivity index (χ1n) is 4.12. The van der Waals surface area contributed by atoms with E-state index in [1.54, 1.807) is 6.92 Å². The topological polar surface area (TPSA) is 82.1 Å². The monoisotopic (exact) mass is 258 g/mol. The molecule has 0 aromatic carbocycles. The molecular formula is C7H11N2NaO3S2. The molecule has 0 amide bonds. The van der Waals surface area contributed by atoms with Gasteiger partial charge in [-0.3, -0.25) is 4.72 Å². The summed E-state index contributed by atoms with van der Waals surface area (Å²) in [7, 11) is -4.45. The Morgan fingerprint density at radius 1 is 1.53 bits per heavy atom. The van der Waals surface area contributed by atoms with Gasteiger partial charge in [-0.2, -0.15) is 0 Å². The number of nitrogens with one attached hydrogen (secondary N) is 1. The molecule has 0 aliphatic carbocycles. The first-order valence-corrected chi connectivity index (χ1v) is 6.34. The third-order valence-corrected chi connectivity index (χ3v) is 3.29. The molecule has 0 atom stereocenters. The molecule has 0 spiro atoms. The summed E-state index contributed by atoms with van der Waals surface area (Å²) >= 11 is 1.21. The van der Waals surface area contributed by atoms with E-state index in [0.717, 1.165) is 23.4 Å². The van der Waals surface area contributed by atoms with Gasteiger partial charge in [0, 0.05) is 4.88 Å². The summed E-state index contributed by atoms with van der Waals surface area (Å²) in [4.78, 5) is 4.96. The van der Waals surface area contributed by atoms with Crippen LogP contribution in [-0.4, -0.2) is 18.0 Å². The summed E-state index contributed by atoms with van der Waals surface area (Å²) in [6.07, 6.45) is 1.82. The average Bonchev–Trinajstić information content (AvgIpc) is 2.28. The van der Waals surface area contributed by atoms with Gasteiger partial charge in [-0.1, -0.05) is 13.3 Å². The van der Waals surface area contributed by atoms with Crippen LogP contribution in [0.15, 0.2) is 0 Å². The predicted octanol–water partition coefficient (Wildman–Crippen LogP) is -1.72. The molecule has 1 N–H and O–H groups in total. The van der Waals surface area contributed by atoms with Gasteiger partial charge in [-0.15, -0.1) is 11.3 Å². The smallest absolute Gasteiger partial charge is 0.731 e. The largest absolute Gasteiger partial charge is 1.00 e. The minimum Gasteiger partial charge on any atom is -0.731 e. The van der Waals surface area contributed by atoms with Crippen LogP contribution in [0.2, 0.25) is 0 Å². The van der Waals surface area contributed by atoms with Crippen molar-refractivity contribution in [3.05, 3.63) is 10.6 Å². The molecule has 1 rings (SSSR count). The molecule has 0 aliphatic heterocycles. The van der Waals surface area contributed by atoms with Crippen LogP contribution < -0.4 is 34.3 Å². The zero-order chi connectivity index (χ0) is 10.8. The number of rotatable bonds is 4. The molecule has 0 bridgehead atoms. The van der Waals surface area contributed by atoms with Crippen LogP contribution in [0.1, 0.15) is 23.9 Å². The fourth-order valence-electron chi connectivity index (χ4n) is 1.04. The molecule has 1 heterocycles. The van der Waals surface area contributed by atoms with E-state index in [2.05, 4.69) is 4.98 Å². The van der Waals surface area contributed by atoms with E-state index in [-0.39, 0.29) is 34.7 Å². The van der Waals surface area contributed by atoms with Crippen LogP contribution in [0.4, 0.5) is 5.13 Å². The van der Waals surface area contributed by atoms with Crippen LogP contribution in [0.3, 0.4) is 0 Å². The molecule has 0 fully saturated rings. The molecule has 0 unspecified atom stereocenters. The van der Waals surface area contributed by atoms with Gasteiger partial charge in [-0.05, 0) is 13.3 Å². The van der Waals surface area contributed by atoms with Crippen LogP contribution in [0, 0.1) is 6.92 Å². The Hall–Kier alpha value is 0.340. The predicted molar refractivity (Wildman–Crippen MR) is 54.2 cm³/mol. The quantitative estimate of drug-likeness (QED) is 0.514. The van der Waals surface area contributed by atoms with Gasteiger partial charge in [0.15, 0.2) is 15.4 Å². The Labute approximate surface area is 115 Å². The summed E-state index contributed by atoms with van der Waals surface area (Å²) in [5.74, 6) is 0. The number of hydrogen-bond donors (Lipinski definition) is 1. The van der Waals surface area contributed by atoms with Crippen LogP contribution in [0.5, 0.6) is 0 Å². The first-order chi connectivity index (χ1) is 6.42. The van der Waals surface area contributed by atoms with Gasteiger partial charge in [-0.25, -0.2) is 13.4 Å². The minimum absolute atomic E-state index is 0. The van der Waals surface area contributed by atoms with Crippen molar-refractivity contribution in [3.8, 4) is 0 Å². The van der Waals surface area contributed by atoms with Crippen molar-refractivity contribution in [2.75, 3.05) is 4.72 Å². The van der Waals surface area contributed by atoms with Gasteiger partial charge in [0.25, 0.3) is 0 Å². The van der Waals surface area contributed by atoms with E-state index in [9.17, 15) is 13.0 Å². The zero-order valence-corrected chi connectivity index (χ0v) is 12.5. The first kappa shape index (κ1) is 15.3. The molecule has 0 saturated carbocycles. The Kier molecular flexibility index (Phi) is 6.31. The summed E-state index contributed by atoms with van der Waals surface area (Å²) in [6.45, 7) is 3.82. The number of hydrogen-bond acceptors (Lipinski definition) is 5. The van der Waals surface area contributed by atoms with Gasteiger partial charge in [0.2, 0.25) is 0 Å². The fraction of sp³-hybridized carbons (Fsp3) is 0.571. The maximum atomic E-state index is 10.4. The molecule has 80 valence electrons. The summed E-state index contributed by atoms with van der Waals surface area (Å²) < 4.78 is 33.0. The molecule has 15 heavy (non-hydrogen) atoms. The van der Waals surface area contributed by atoms with Crippen molar-refractivity contribution in [3.63, 3.8) is 0 Å². The Morgan fingerprint density at radius 2 is 2.13 bits per heavy atom. The molecule has 0 radical (unpaired) electrons. The van der Waals surface area contributed by atoms with Crippen molar-refractivity contribution >= 4 is 26.8 Å². The minimum atomic E-state index is -4.45. The number of thiazole rings is 1. The van der Waals surface area contributed by atoms with Gasteiger partial charge >= 0.3 is 29.6 Å². The number of aromatic nitrogens is 1. The number of aryl methyl sites for hydroxylation is 2. The molecular weight excluding hydrogens is 247 g/mol. The normalized spacial score (nSPS) is 10.9. The Balaban J connectivity index is 0.00000196. The Morgan fingerprint density at radius 3 is 2.60 bits per heavy atom. The SMILES string of the molecule is CCCc1sc(NS(=O)(=O)[O-])nc1C.[Na+]. The van der Waals surface area contributed by atoms with Crippen molar-refractivity contribution in [1.29, 1.82) is 0 Å². The molecule has 0 saturated heterocycles. The number of nitrogens with zero attached hydrogens (tertiary/aromatic N) is 1. The van der Waals surface area contributed by atoms with Crippen molar-refractivity contribution in [1.82, 2.24) is 4.98 Å². The molecule has 8 heteroatoms. The standard InChI is InChI=1S/C7H12N2O3S2.Na/c1-3-4-6-5(2)8-7(13-6)9-14(10,11)12;/h3-4H2,1-2H3,(H,8,9)(H,10,11,12);/q;+1/p-1. The van der Waals surface area contributed by atoms with E-state index in [1.165, 1.54) is 11.3 Å². The third kappa shape index (κ3) is 5.28. The number of anilines is 1. The van der Waals surface area contributed by atoms with Gasteiger partial charge in [0.1, 0.15) is 0 Å². The van der Waals surface area contributed by atoms with E-state index in [1.807, 2.05) is 11.6 Å². The van der Waals surface area contributed by atoms with Crippen LogP contribution >= 0.6 is 11.3 Å². The van der Waals surface area contributed by atoms with Gasteiger partial charge < -0.3 is 4.55 Å². The second kappa shape index (κ2) is 6.17. The summed E-state index contributed by atoms with van der Waals surface area (Å²) in [6, 6.07) is 0. The van der Waals surface area contributed by atoms with Crippen molar-refractivity contribution in [2.24, 2.45) is 0 Å². The zero-order valence-electron chi connectivity index (χ0n) is 8.90. The van der Waals surface area contributed by atoms with E-state index in [0.29, 0.717) is 0 Å². The maximum absolute atomic E-state index is 10.4. The van der Waals surface area contributed by atoms with Crippen LogP contribution in [0.25, 0.3) is 0 Å². The van der Waals surface area contributed by atoms with Crippen molar-refractivity contribution in [2.45, 2.75) is 26.7 Å². The fourth-order valence-corrected chi connectivity index (χ4v) is 2.69. The third-order valence-electron chi connectivity index (χ3n) is 1.58. The van der Waals surface area contributed by atoms with E-state index in [4.69, 9.17) is 0 Å². The second-order valence-corrected chi connectivity index (χ2v) is 5.03. The molecule has 1 aromatic rings. The molecule has 0 aliphatic rings. The maximum Gasteiger partial charge on any atom is 1.00 e. The van der Waals surface area contributed by atoms with E-state index >= 15 is 0 Å². The van der Waals surface area contributed by atoms with E-state index < -0.39 is 10.3 Å². The Bertz CT molecular complexity index is 416. The van der Waals surface area contributed by atoms with Crippen molar-refractivity contribution < 1.29 is 42.5 Å². The van der Waals surface area contributed by atoms with Crippen LogP contribution in [-0.2, 0) is 16.7 Å². The average molecular weight is 258 g/mol. The molecule has 5 nitrogen and oxygen atoms in total. The molecule has 1 aromatic heterocycles. The van der Waals surface area contributed by atoms with Gasteiger partial charge in [0.05, 0.1) is 5.69 Å². The second-order valence-electron chi connectivity index (χ2n) is 2.83. The summed E-state index contributed by atoms with van der Waals surface area (Å²) in [5.41, 5.74) is 0.781. The summed E-state index contributed by atoms with van der Waals surface area (Å²) in [5, 5.41) is 0.154.